The number of hydrogen-bond donors (Lipinski definition) is 5. The van der Waals surface area contributed by atoms with Crippen molar-refractivity contribution >= 4 is 28.2 Å². The van der Waals surface area contributed by atoms with E-state index in [2.05, 4.69) is 15.6 Å². The number of thiazole rings is 1. The van der Waals surface area contributed by atoms with Gasteiger partial charge in [-0.25, -0.2) is 4.98 Å². The Hall–Kier alpha value is -1.38. The summed E-state index contributed by atoms with van der Waals surface area (Å²) in [4.78, 5) is 16.2. The van der Waals surface area contributed by atoms with E-state index in [0.29, 0.717) is 11.7 Å². The molecule has 0 spiro atoms. The number of aliphatic hydroxyl groups excluding tert-OH is 2. The third kappa shape index (κ3) is 3.31. The molecule has 0 saturated carbocycles. The first kappa shape index (κ1) is 14.7. The molecule has 0 aliphatic carbocycles. The molecule has 1 rings (SSSR count). The standard InChI is InChI=1S/C10H18N4O3S/c1-3-12-9-13-7(11)6(18-9)8(17)14-10(2,4-15)5-16/h15-16H,3-5,11H2,1-2H3,(H,12,13)(H,14,17). The van der Waals surface area contributed by atoms with Crippen LogP contribution in [0.25, 0.3) is 0 Å². The fourth-order valence-corrected chi connectivity index (χ4v) is 2.03. The largest absolute Gasteiger partial charge is 0.394 e. The molecule has 18 heavy (non-hydrogen) atoms. The number of nitrogen functional groups attached to an aromatic ring is 1. The van der Waals surface area contributed by atoms with Crippen LogP contribution in [-0.4, -0.2) is 46.4 Å². The zero-order valence-corrected chi connectivity index (χ0v) is 11.2. The molecule has 1 aromatic heterocycles. The number of carbonyl (C=O) groups excluding carboxylic acids is 1. The van der Waals surface area contributed by atoms with Crippen LogP contribution in [0.3, 0.4) is 0 Å². The molecule has 0 aliphatic heterocycles. The van der Waals surface area contributed by atoms with Crippen LogP contribution in [0, 0.1) is 0 Å². The normalized spacial score (nSPS) is 11.3. The number of rotatable bonds is 6. The first-order chi connectivity index (χ1) is 8.45. The molecule has 0 radical (unpaired) electrons. The maximum atomic E-state index is 11.9. The van der Waals surface area contributed by atoms with Gasteiger partial charge in [0, 0.05) is 6.54 Å². The number of hydrogen-bond acceptors (Lipinski definition) is 7. The SMILES string of the molecule is CCNc1nc(N)c(C(=O)NC(C)(CO)CO)s1. The Morgan fingerprint density at radius 3 is 2.61 bits per heavy atom. The highest BCUT2D eigenvalue weighted by Crippen LogP contribution is 2.25. The molecule has 0 aliphatic rings. The molecule has 0 unspecified atom stereocenters. The monoisotopic (exact) mass is 274 g/mol. The predicted molar refractivity (Wildman–Crippen MR) is 70.7 cm³/mol. The number of nitrogens with one attached hydrogen (secondary N) is 2. The smallest absolute Gasteiger partial charge is 0.265 e. The third-order valence-corrected chi connectivity index (χ3v) is 3.33. The summed E-state index contributed by atoms with van der Waals surface area (Å²) >= 11 is 1.13. The molecule has 0 saturated heterocycles. The van der Waals surface area contributed by atoms with Gasteiger partial charge in [0.2, 0.25) is 0 Å². The zero-order valence-electron chi connectivity index (χ0n) is 10.4. The van der Waals surface area contributed by atoms with Crippen LogP contribution in [0.4, 0.5) is 10.9 Å². The van der Waals surface area contributed by atoms with Crippen LogP contribution >= 0.6 is 11.3 Å². The quantitative estimate of drug-likeness (QED) is 0.483. The number of carbonyl (C=O) groups is 1. The second kappa shape index (κ2) is 5.98. The number of amides is 1. The van der Waals surface area contributed by atoms with Crippen molar-refractivity contribution in [2.24, 2.45) is 0 Å². The van der Waals surface area contributed by atoms with E-state index < -0.39 is 11.4 Å². The molecule has 1 heterocycles. The molecule has 8 heteroatoms. The van der Waals surface area contributed by atoms with Gasteiger partial charge in [0.05, 0.1) is 18.8 Å². The number of nitrogens with zero attached hydrogens (tertiary/aromatic N) is 1. The number of aromatic nitrogens is 1. The van der Waals surface area contributed by atoms with E-state index in [0.717, 1.165) is 11.3 Å². The summed E-state index contributed by atoms with van der Waals surface area (Å²) in [6.45, 7) is 3.39. The van der Waals surface area contributed by atoms with Crippen molar-refractivity contribution in [3.05, 3.63) is 4.88 Å². The lowest BCUT2D eigenvalue weighted by molar-refractivity contribution is 0.0728. The number of anilines is 2. The van der Waals surface area contributed by atoms with Crippen LogP contribution in [0.1, 0.15) is 23.5 Å². The molecule has 0 atom stereocenters. The summed E-state index contributed by atoms with van der Waals surface area (Å²) in [5.41, 5.74) is 4.57. The molecule has 7 nitrogen and oxygen atoms in total. The summed E-state index contributed by atoms with van der Waals surface area (Å²) in [5.74, 6) is -0.327. The maximum absolute atomic E-state index is 11.9. The Labute approximate surface area is 109 Å². The molecule has 0 bridgehead atoms. The minimum absolute atomic E-state index is 0.131. The van der Waals surface area contributed by atoms with Gasteiger partial charge in [0.1, 0.15) is 10.7 Å². The van der Waals surface area contributed by atoms with Crippen molar-refractivity contribution in [2.45, 2.75) is 19.4 Å². The highest BCUT2D eigenvalue weighted by molar-refractivity contribution is 7.18. The van der Waals surface area contributed by atoms with E-state index in [1.165, 1.54) is 6.92 Å². The second-order valence-electron chi connectivity index (χ2n) is 4.09. The molecule has 102 valence electrons. The summed E-state index contributed by atoms with van der Waals surface area (Å²) in [6.07, 6.45) is 0. The topological polar surface area (TPSA) is 120 Å². The van der Waals surface area contributed by atoms with Crippen molar-refractivity contribution in [3.63, 3.8) is 0 Å². The molecule has 1 aromatic rings. The van der Waals surface area contributed by atoms with Crippen molar-refractivity contribution < 1.29 is 15.0 Å². The van der Waals surface area contributed by atoms with E-state index in [1.54, 1.807) is 0 Å². The molecular weight excluding hydrogens is 256 g/mol. The van der Waals surface area contributed by atoms with E-state index in [-0.39, 0.29) is 23.9 Å². The fraction of sp³-hybridized carbons (Fsp3) is 0.600. The van der Waals surface area contributed by atoms with Gasteiger partial charge in [-0.05, 0) is 13.8 Å². The molecule has 6 N–H and O–H groups in total. The summed E-state index contributed by atoms with van der Waals surface area (Å²) in [5, 5.41) is 24.3. The van der Waals surface area contributed by atoms with E-state index in [1.807, 2.05) is 6.92 Å². The average molecular weight is 274 g/mol. The molecular formula is C10H18N4O3S. The Morgan fingerprint density at radius 2 is 2.11 bits per heavy atom. The van der Waals surface area contributed by atoms with Gasteiger partial charge < -0.3 is 26.6 Å². The second-order valence-corrected chi connectivity index (χ2v) is 5.09. The highest BCUT2D eigenvalue weighted by Gasteiger charge is 2.27. The van der Waals surface area contributed by atoms with Crippen molar-refractivity contribution in [1.29, 1.82) is 0 Å². The maximum Gasteiger partial charge on any atom is 0.265 e. The molecule has 1 amide bonds. The first-order valence-electron chi connectivity index (χ1n) is 5.50. The fourth-order valence-electron chi connectivity index (χ4n) is 1.18. The van der Waals surface area contributed by atoms with Crippen LogP contribution in [-0.2, 0) is 0 Å². The van der Waals surface area contributed by atoms with Gasteiger partial charge >= 0.3 is 0 Å². The lowest BCUT2D eigenvalue weighted by Gasteiger charge is -2.25. The van der Waals surface area contributed by atoms with Crippen LogP contribution in [0.15, 0.2) is 0 Å². The van der Waals surface area contributed by atoms with Gasteiger partial charge in [-0.1, -0.05) is 11.3 Å². The van der Waals surface area contributed by atoms with Gasteiger partial charge in [-0.15, -0.1) is 0 Å². The van der Waals surface area contributed by atoms with Gasteiger partial charge in [0.15, 0.2) is 5.13 Å². The van der Waals surface area contributed by atoms with Crippen molar-refractivity contribution in [1.82, 2.24) is 10.3 Å². The Morgan fingerprint density at radius 1 is 1.50 bits per heavy atom. The van der Waals surface area contributed by atoms with Gasteiger partial charge in [-0.3, -0.25) is 4.79 Å². The van der Waals surface area contributed by atoms with Gasteiger partial charge in [0.25, 0.3) is 5.91 Å². The number of aliphatic hydroxyl groups is 2. The summed E-state index contributed by atoms with van der Waals surface area (Å²) in [7, 11) is 0. The van der Waals surface area contributed by atoms with Gasteiger partial charge in [-0.2, -0.15) is 0 Å². The number of nitrogens with two attached hydrogens (primary N) is 1. The van der Waals surface area contributed by atoms with E-state index in [4.69, 9.17) is 15.9 Å². The Balaban J connectivity index is 2.84. The van der Waals surface area contributed by atoms with Crippen molar-refractivity contribution in [3.8, 4) is 0 Å². The average Bonchev–Trinajstić information content (AvgIpc) is 2.70. The first-order valence-corrected chi connectivity index (χ1v) is 6.31. The Kier molecular flexibility index (Phi) is 4.88. The zero-order chi connectivity index (χ0) is 13.8. The predicted octanol–water partition coefficient (Wildman–Crippen LogP) is -0.370. The van der Waals surface area contributed by atoms with Crippen LogP contribution in [0.2, 0.25) is 0 Å². The van der Waals surface area contributed by atoms with Crippen LogP contribution in [0.5, 0.6) is 0 Å². The van der Waals surface area contributed by atoms with Crippen molar-refractivity contribution in [2.75, 3.05) is 30.8 Å². The third-order valence-electron chi connectivity index (χ3n) is 2.30. The summed E-state index contributed by atoms with van der Waals surface area (Å²) in [6, 6.07) is 0. The van der Waals surface area contributed by atoms with E-state index in [9.17, 15) is 4.79 Å². The van der Waals surface area contributed by atoms with E-state index >= 15 is 0 Å². The van der Waals surface area contributed by atoms with Crippen LogP contribution < -0.4 is 16.4 Å². The minimum Gasteiger partial charge on any atom is -0.394 e. The lowest BCUT2D eigenvalue weighted by Crippen LogP contribution is -2.51. The Bertz CT molecular complexity index is 417. The minimum atomic E-state index is -1.08. The lowest BCUT2D eigenvalue weighted by atomic mass is 10.1. The highest BCUT2D eigenvalue weighted by atomic mass is 32.1. The molecule has 0 fully saturated rings. The molecule has 0 aromatic carbocycles. The summed E-state index contributed by atoms with van der Waals surface area (Å²) < 4.78 is 0.